The highest BCUT2D eigenvalue weighted by Gasteiger charge is 2.17. The summed E-state index contributed by atoms with van der Waals surface area (Å²) in [7, 11) is 2.15. The van der Waals surface area contributed by atoms with Gasteiger partial charge in [-0.3, -0.25) is 5.32 Å². The minimum Gasteiger partial charge on any atom is -0.381 e. The Morgan fingerprint density at radius 1 is 1.19 bits per heavy atom. The van der Waals surface area contributed by atoms with Crippen molar-refractivity contribution in [3.63, 3.8) is 0 Å². The van der Waals surface area contributed by atoms with Gasteiger partial charge in [-0.15, -0.1) is 6.42 Å². The van der Waals surface area contributed by atoms with E-state index in [1.807, 2.05) is 12.1 Å². The highest BCUT2D eigenvalue weighted by atomic mass is 16.5. The van der Waals surface area contributed by atoms with Crippen LogP contribution in [0.15, 0.2) is 36.5 Å². The number of piperazine rings is 1. The van der Waals surface area contributed by atoms with Crippen molar-refractivity contribution in [1.29, 1.82) is 0 Å². The first kappa shape index (κ1) is 23.8. The maximum Gasteiger partial charge on any atom is 0.320 e. The topological polar surface area (TPSA) is 108 Å². The van der Waals surface area contributed by atoms with Crippen molar-refractivity contribution in [3.8, 4) is 12.3 Å². The van der Waals surface area contributed by atoms with E-state index in [4.69, 9.17) is 11.2 Å². The molecule has 1 unspecified atom stereocenters. The molecule has 2 aliphatic heterocycles. The number of ether oxygens (including phenoxy) is 1. The fourth-order valence-electron chi connectivity index (χ4n) is 4.34. The van der Waals surface area contributed by atoms with Crippen LogP contribution in [-0.4, -0.2) is 78.9 Å². The third-order valence-corrected chi connectivity index (χ3v) is 6.53. The molecule has 1 aromatic carbocycles. The summed E-state index contributed by atoms with van der Waals surface area (Å²) in [4.78, 5) is 30.5. The Kier molecular flexibility index (Phi) is 7.11. The van der Waals surface area contributed by atoms with Gasteiger partial charge in [-0.25, -0.2) is 14.8 Å². The molecule has 3 aromatic rings. The first-order valence-electron chi connectivity index (χ1n) is 12.1. The summed E-state index contributed by atoms with van der Waals surface area (Å²) in [5.74, 6) is 3.69. The van der Waals surface area contributed by atoms with Crippen molar-refractivity contribution in [2.45, 2.75) is 6.42 Å². The van der Waals surface area contributed by atoms with E-state index in [9.17, 15) is 4.79 Å². The van der Waals surface area contributed by atoms with Gasteiger partial charge in [0.25, 0.3) is 0 Å². The Balaban J connectivity index is 1.27. The van der Waals surface area contributed by atoms with Gasteiger partial charge < -0.3 is 25.2 Å². The molecule has 2 saturated heterocycles. The lowest BCUT2D eigenvalue weighted by Crippen LogP contribution is -2.44. The number of hydrogen-bond acceptors (Lipinski definition) is 8. The molecule has 4 heterocycles. The second-order valence-electron chi connectivity index (χ2n) is 9.16. The Labute approximate surface area is 210 Å². The van der Waals surface area contributed by atoms with Crippen LogP contribution in [0, 0.1) is 18.3 Å². The highest BCUT2D eigenvalue weighted by molar-refractivity contribution is 5.91. The molecule has 5 rings (SSSR count). The van der Waals surface area contributed by atoms with Crippen LogP contribution in [0.3, 0.4) is 0 Å². The number of anilines is 4. The number of urea groups is 1. The molecule has 10 heteroatoms. The van der Waals surface area contributed by atoms with E-state index in [1.165, 1.54) is 5.69 Å². The van der Waals surface area contributed by atoms with Gasteiger partial charge in [-0.1, -0.05) is 5.92 Å². The van der Waals surface area contributed by atoms with E-state index in [-0.39, 0.29) is 6.03 Å². The number of benzene rings is 1. The third-order valence-electron chi connectivity index (χ3n) is 6.53. The van der Waals surface area contributed by atoms with Gasteiger partial charge in [0.05, 0.1) is 12.0 Å². The monoisotopic (exact) mass is 486 g/mol. The van der Waals surface area contributed by atoms with Gasteiger partial charge in [0.1, 0.15) is 5.82 Å². The maximum atomic E-state index is 12.4. The van der Waals surface area contributed by atoms with Gasteiger partial charge in [-0.05, 0) is 43.8 Å². The number of carbonyl (C=O) groups excluding carboxylic acids is 1. The zero-order valence-electron chi connectivity index (χ0n) is 20.3. The van der Waals surface area contributed by atoms with Crippen molar-refractivity contribution in [1.82, 2.24) is 25.2 Å². The molecule has 0 radical (unpaired) electrons. The van der Waals surface area contributed by atoms with E-state index in [0.29, 0.717) is 47.4 Å². The number of aromatic nitrogens is 3. The summed E-state index contributed by atoms with van der Waals surface area (Å²) in [5, 5.41) is 9.49. The standard InChI is InChI=1S/C26H30N8O2/c1-3-19-14-23(31-26(35)28-15-18-8-13-36-17-18)30-24-22(19)16-27-25(32-24)29-20-4-6-21(7-5-20)34-11-9-33(2)10-12-34/h1,4-7,14,16,18H,8-13,15,17H2,2H3,(H3,27,28,29,30,31,32,35). The lowest BCUT2D eigenvalue weighted by atomic mass is 10.1. The normalized spacial score (nSPS) is 18.1. The Hall–Kier alpha value is -3.94. The van der Waals surface area contributed by atoms with Crippen LogP contribution >= 0.6 is 0 Å². The first-order chi connectivity index (χ1) is 17.6. The molecule has 3 N–H and O–H groups in total. The molecule has 0 spiro atoms. The average Bonchev–Trinajstić information content (AvgIpc) is 3.42. The number of rotatable bonds is 6. The molecule has 2 aromatic heterocycles. The number of fused-ring (bicyclic) bond motifs is 1. The van der Waals surface area contributed by atoms with Gasteiger partial charge in [0.15, 0.2) is 5.65 Å². The van der Waals surface area contributed by atoms with Crippen LogP contribution in [0.4, 0.5) is 27.9 Å². The molecule has 2 fully saturated rings. The van der Waals surface area contributed by atoms with Gasteiger partial charge in [0, 0.05) is 68.4 Å². The Morgan fingerprint density at radius 3 is 2.72 bits per heavy atom. The number of hydrogen-bond donors (Lipinski definition) is 3. The summed E-state index contributed by atoms with van der Waals surface area (Å²) < 4.78 is 5.35. The Bertz CT molecular complexity index is 1260. The van der Waals surface area contributed by atoms with E-state index in [1.54, 1.807) is 12.3 Å². The summed E-state index contributed by atoms with van der Waals surface area (Å²) in [5.41, 5.74) is 3.02. The summed E-state index contributed by atoms with van der Waals surface area (Å²) in [6.07, 6.45) is 8.30. The number of carbonyl (C=O) groups is 1. The number of amides is 2. The minimum atomic E-state index is -0.343. The number of pyridine rings is 1. The van der Waals surface area contributed by atoms with E-state index in [2.05, 4.69) is 65.8 Å². The predicted molar refractivity (Wildman–Crippen MR) is 141 cm³/mol. The SMILES string of the molecule is C#Cc1cc(NC(=O)NCC2CCOC2)nc2nc(Nc3ccc(N4CCN(C)CC4)cc3)ncc12. The number of likely N-dealkylation sites (N-methyl/N-ethyl adjacent to an activating group) is 1. The largest absolute Gasteiger partial charge is 0.381 e. The van der Waals surface area contributed by atoms with Crippen molar-refractivity contribution >= 4 is 40.2 Å². The molecular weight excluding hydrogens is 456 g/mol. The maximum absolute atomic E-state index is 12.4. The van der Waals surface area contributed by atoms with Gasteiger partial charge in [-0.2, -0.15) is 4.98 Å². The lowest BCUT2D eigenvalue weighted by Gasteiger charge is -2.34. The minimum absolute atomic E-state index is 0.330. The predicted octanol–water partition coefficient (Wildman–Crippen LogP) is 2.66. The first-order valence-corrected chi connectivity index (χ1v) is 12.1. The molecule has 0 saturated carbocycles. The van der Waals surface area contributed by atoms with Crippen LogP contribution in [0.5, 0.6) is 0 Å². The fourth-order valence-corrected chi connectivity index (χ4v) is 4.34. The summed E-state index contributed by atoms with van der Waals surface area (Å²) >= 11 is 0. The average molecular weight is 487 g/mol. The van der Waals surface area contributed by atoms with Crippen LogP contribution in [0.2, 0.25) is 0 Å². The molecule has 36 heavy (non-hydrogen) atoms. The van der Waals surface area contributed by atoms with E-state index in [0.717, 1.165) is 44.9 Å². The fraction of sp³-hybridized carbons (Fsp3) is 0.385. The molecule has 0 bridgehead atoms. The summed E-state index contributed by atoms with van der Waals surface area (Å²) in [6.45, 7) is 6.11. The van der Waals surface area contributed by atoms with Crippen LogP contribution in [0.1, 0.15) is 12.0 Å². The second kappa shape index (κ2) is 10.8. The zero-order valence-corrected chi connectivity index (χ0v) is 20.3. The van der Waals surface area contributed by atoms with Crippen molar-refractivity contribution in [3.05, 3.63) is 42.1 Å². The lowest BCUT2D eigenvalue weighted by molar-refractivity contribution is 0.185. The quantitative estimate of drug-likeness (QED) is 0.457. The number of nitrogens with one attached hydrogen (secondary N) is 3. The Morgan fingerprint density at radius 2 is 2.00 bits per heavy atom. The molecular formula is C26H30N8O2. The van der Waals surface area contributed by atoms with Crippen LogP contribution in [0.25, 0.3) is 11.0 Å². The molecule has 10 nitrogen and oxygen atoms in total. The van der Waals surface area contributed by atoms with Gasteiger partial charge in [0.2, 0.25) is 5.95 Å². The van der Waals surface area contributed by atoms with E-state index >= 15 is 0 Å². The van der Waals surface area contributed by atoms with Crippen LogP contribution in [-0.2, 0) is 4.74 Å². The van der Waals surface area contributed by atoms with E-state index < -0.39 is 0 Å². The van der Waals surface area contributed by atoms with Gasteiger partial charge >= 0.3 is 6.03 Å². The molecule has 0 aliphatic carbocycles. The van der Waals surface area contributed by atoms with Crippen molar-refractivity contribution in [2.24, 2.45) is 5.92 Å². The van der Waals surface area contributed by atoms with Crippen molar-refractivity contribution < 1.29 is 9.53 Å². The van der Waals surface area contributed by atoms with Crippen LogP contribution < -0.4 is 20.9 Å². The summed E-state index contributed by atoms with van der Waals surface area (Å²) in [6, 6.07) is 9.53. The molecule has 186 valence electrons. The third kappa shape index (κ3) is 5.64. The smallest absolute Gasteiger partial charge is 0.320 e. The zero-order chi connectivity index (χ0) is 24.9. The molecule has 2 amide bonds. The van der Waals surface area contributed by atoms with Crippen molar-refractivity contribution in [2.75, 3.05) is 68.5 Å². The highest BCUT2D eigenvalue weighted by Crippen LogP contribution is 2.23. The second-order valence-corrected chi connectivity index (χ2v) is 9.16. The number of nitrogens with zero attached hydrogens (tertiary/aromatic N) is 5. The molecule has 1 atom stereocenters. The molecule has 2 aliphatic rings. The number of terminal acetylenes is 1.